The number of rotatable bonds is 12. The molecule has 0 heterocycles. The Kier molecular flexibility index (Phi) is 10.1. The number of esters is 1. The lowest BCUT2D eigenvalue weighted by atomic mass is 10.1. The van der Waals surface area contributed by atoms with Gasteiger partial charge in [0.25, 0.3) is 0 Å². The van der Waals surface area contributed by atoms with Gasteiger partial charge in [-0.2, -0.15) is 0 Å². The van der Waals surface area contributed by atoms with Crippen molar-refractivity contribution in [2.45, 2.75) is 64.9 Å². The molecule has 0 aromatic heterocycles. The molecule has 0 spiro atoms. The van der Waals surface area contributed by atoms with E-state index in [1.165, 1.54) is 12.8 Å². The predicted molar refractivity (Wildman–Crippen MR) is 91.6 cm³/mol. The highest BCUT2D eigenvalue weighted by molar-refractivity contribution is 5.75. The first-order valence-electron chi connectivity index (χ1n) is 8.73. The zero-order valence-corrected chi connectivity index (χ0v) is 14.4. The zero-order valence-electron chi connectivity index (χ0n) is 14.4. The molecule has 0 saturated heterocycles. The molecule has 0 bridgehead atoms. The highest BCUT2D eigenvalue weighted by Gasteiger charge is 2.21. The molecule has 23 heavy (non-hydrogen) atoms. The summed E-state index contributed by atoms with van der Waals surface area (Å²) < 4.78 is 11.1. The first kappa shape index (κ1) is 19.5. The van der Waals surface area contributed by atoms with Gasteiger partial charge in [-0.3, -0.25) is 0 Å². The molecule has 1 atom stereocenters. The van der Waals surface area contributed by atoms with Gasteiger partial charge in [-0.15, -0.1) is 0 Å². The van der Waals surface area contributed by atoms with E-state index in [1.807, 2.05) is 6.07 Å². The first-order chi connectivity index (χ1) is 11.2. The molecule has 130 valence electrons. The van der Waals surface area contributed by atoms with Gasteiger partial charge in [0.15, 0.2) is 6.10 Å². The van der Waals surface area contributed by atoms with Crippen LogP contribution in [0, 0.1) is 0 Å². The topological polar surface area (TPSA) is 55.8 Å². The second-order valence-electron chi connectivity index (χ2n) is 5.82. The lowest BCUT2D eigenvalue weighted by Gasteiger charge is -2.17. The fourth-order valence-electron chi connectivity index (χ4n) is 2.27. The SMILES string of the molecule is CCCCCCOC(Cc1cccc(O)c1)C(=O)OCCCC. The van der Waals surface area contributed by atoms with Crippen LogP contribution in [-0.2, 0) is 20.7 Å². The van der Waals surface area contributed by atoms with E-state index in [4.69, 9.17) is 9.47 Å². The Morgan fingerprint density at radius 1 is 1.09 bits per heavy atom. The molecule has 0 amide bonds. The Hall–Kier alpha value is -1.55. The summed E-state index contributed by atoms with van der Waals surface area (Å²) in [6.07, 6.45) is 6.09. The van der Waals surface area contributed by atoms with Gasteiger partial charge in [-0.1, -0.05) is 51.7 Å². The minimum Gasteiger partial charge on any atom is -0.508 e. The summed E-state index contributed by atoms with van der Waals surface area (Å²) in [5.41, 5.74) is 0.871. The van der Waals surface area contributed by atoms with Gasteiger partial charge in [0.2, 0.25) is 0 Å². The number of unbranched alkanes of at least 4 members (excludes halogenated alkanes) is 4. The van der Waals surface area contributed by atoms with Crippen LogP contribution in [0.4, 0.5) is 0 Å². The van der Waals surface area contributed by atoms with Gasteiger partial charge < -0.3 is 14.6 Å². The quantitative estimate of drug-likeness (QED) is 0.462. The van der Waals surface area contributed by atoms with E-state index in [-0.39, 0.29) is 11.7 Å². The van der Waals surface area contributed by atoms with Crippen LogP contribution in [0.3, 0.4) is 0 Å². The van der Waals surface area contributed by atoms with E-state index in [0.29, 0.717) is 19.6 Å². The largest absolute Gasteiger partial charge is 0.508 e. The number of phenolic OH excluding ortho intramolecular Hbond substituents is 1. The Morgan fingerprint density at radius 2 is 1.87 bits per heavy atom. The monoisotopic (exact) mass is 322 g/mol. The van der Waals surface area contributed by atoms with Crippen molar-refractivity contribution in [2.24, 2.45) is 0 Å². The average Bonchev–Trinajstić information content (AvgIpc) is 2.53. The van der Waals surface area contributed by atoms with Crippen LogP contribution >= 0.6 is 0 Å². The Labute approximate surface area is 139 Å². The van der Waals surface area contributed by atoms with Crippen molar-refractivity contribution in [1.82, 2.24) is 0 Å². The van der Waals surface area contributed by atoms with E-state index in [0.717, 1.165) is 31.2 Å². The molecule has 1 rings (SSSR count). The summed E-state index contributed by atoms with van der Waals surface area (Å²) >= 11 is 0. The van der Waals surface area contributed by atoms with Crippen LogP contribution in [0.2, 0.25) is 0 Å². The maximum atomic E-state index is 12.2. The number of hydrogen-bond donors (Lipinski definition) is 1. The Bertz CT molecular complexity index is 445. The maximum Gasteiger partial charge on any atom is 0.335 e. The summed E-state index contributed by atoms with van der Waals surface area (Å²) in [4.78, 5) is 12.2. The summed E-state index contributed by atoms with van der Waals surface area (Å²) in [6.45, 7) is 5.22. The minimum absolute atomic E-state index is 0.198. The molecule has 0 aliphatic carbocycles. The van der Waals surface area contributed by atoms with Gasteiger partial charge in [0.05, 0.1) is 6.61 Å². The lowest BCUT2D eigenvalue weighted by Crippen LogP contribution is -2.29. The number of hydrogen-bond acceptors (Lipinski definition) is 4. The van der Waals surface area contributed by atoms with Crippen molar-refractivity contribution in [1.29, 1.82) is 0 Å². The Balaban J connectivity index is 2.54. The summed E-state index contributed by atoms with van der Waals surface area (Å²) in [6, 6.07) is 6.92. The molecule has 4 nitrogen and oxygen atoms in total. The van der Waals surface area contributed by atoms with Crippen molar-refractivity contribution in [3.8, 4) is 5.75 Å². The zero-order chi connectivity index (χ0) is 16.9. The van der Waals surface area contributed by atoms with E-state index < -0.39 is 6.10 Å². The summed E-state index contributed by atoms with van der Waals surface area (Å²) in [5, 5.41) is 9.55. The molecule has 1 unspecified atom stereocenters. The number of phenols is 1. The predicted octanol–water partition coefficient (Wildman–Crippen LogP) is 4.24. The first-order valence-corrected chi connectivity index (χ1v) is 8.73. The molecular formula is C19H30O4. The number of benzene rings is 1. The summed E-state index contributed by atoms with van der Waals surface area (Å²) in [5.74, 6) is -0.110. The van der Waals surface area contributed by atoms with Gasteiger partial charge in [0, 0.05) is 13.0 Å². The van der Waals surface area contributed by atoms with Gasteiger partial charge in [-0.05, 0) is 30.5 Å². The standard InChI is InChI=1S/C19H30O4/c1-3-5-7-8-13-22-18(19(21)23-12-6-4-2)15-16-10-9-11-17(20)14-16/h9-11,14,18,20H,3-8,12-13,15H2,1-2H3. The Morgan fingerprint density at radius 3 is 2.57 bits per heavy atom. The molecule has 0 aliphatic heterocycles. The fourth-order valence-corrected chi connectivity index (χ4v) is 2.27. The highest BCUT2D eigenvalue weighted by Crippen LogP contribution is 2.15. The van der Waals surface area contributed by atoms with Crippen LogP contribution in [0.15, 0.2) is 24.3 Å². The van der Waals surface area contributed by atoms with E-state index in [9.17, 15) is 9.90 Å². The van der Waals surface area contributed by atoms with Crippen molar-refractivity contribution in [3.05, 3.63) is 29.8 Å². The average molecular weight is 322 g/mol. The van der Waals surface area contributed by atoms with Gasteiger partial charge >= 0.3 is 5.97 Å². The normalized spacial score (nSPS) is 12.1. The van der Waals surface area contributed by atoms with Crippen LogP contribution < -0.4 is 0 Å². The molecule has 4 heteroatoms. The van der Waals surface area contributed by atoms with Gasteiger partial charge in [0.1, 0.15) is 5.75 Å². The van der Waals surface area contributed by atoms with Crippen molar-refractivity contribution in [3.63, 3.8) is 0 Å². The van der Waals surface area contributed by atoms with E-state index in [2.05, 4.69) is 13.8 Å². The maximum absolute atomic E-state index is 12.2. The smallest absolute Gasteiger partial charge is 0.335 e. The number of ether oxygens (including phenoxy) is 2. The van der Waals surface area contributed by atoms with Crippen molar-refractivity contribution < 1.29 is 19.4 Å². The number of aromatic hydroxyl groups is 1. The molecule has 0 aliphatic rings. The molecule has 0 saturated carbocycles. The molecular weight excluding hydrogens is 292 g/mol. The third kappa shape index (κ3) is 8.60. The molecule has 1 N–H and O–H groups in total. The number of carbonyl (C=O) groups is 1. The second-order valence-corrected chi connectivity index (χ2v) is 5.82. The van der Waals surface area contributed by atoms with Crippen LogP contribution in [0.25, 0.3) is 0 Å². The van der Waals surface area contributed by atoms with Crippen LogP contribution in [0.5, 0.6) is 5.75 Å². The number of carbonyl (C=O) groups excluding carboxylic acids is 1. The molecule has 0 radical (unpaired) electrons. The third-order valence-corrected chi connectivity index (χ3v) is 3.65. The molecule has 1 aromatic rings. The molecule has 0 fully saturated rings. The van der Waals surface area contributed by atoms with E-state index >= 15 is 0 Å². The van der Waals surface area contributed by atoms with Crippen LogP contribution in [-0.4, -0.2) is 30.4 Å². The second kappa shape index (κ2) is 11.9. The third-order valence-electron chi connectivity index (χ3n) is 3.65. The minimum atomic E-state index is -0.602. The lowest BCUT2D eigenvalue weighted by molar-refractivity contribution is -0.157. The van der Waals surface area contributed by atoms with Gasteiger partial charge in [-0.25, -0.2) is 4.79 Å². The van der Waals surface area contributed by atoms with Crippen molar-refractivity contribution in [2.75, 3.05) is 13.2 Å². The highest BCUT2D eigenvalue weighted by atomic mass is 16.6. The van der Waals surface area contributed by atoms with Crippen molar-refractivity contribution >= 4 is 5.97 Å². The summed E-state index contributed by atoms with van der Waals surface area (Å²) in [7, 11) is 0. The fraction of sp³-hybridized carbons (Fsp3) is 0.632. The van der Waals surface area contributed by atoms with Crippen LogP contribution in [0.1, 0.15) is 57.9 Å². The molecule has 1 aromatic carbocycles. The van der Waals surface area contributed by atoms with E-state index in [1.54, 1.807) is 18.2 Å².